The number of aromatic nitrogens is 4. The second-order valence-electron chi connectivity index (χ2n) is 7.38. The Kier molecular flexibility index (Phi) is 5.37. The molecule has 9 nitrogen and oxygen atoms in total. The van der Waals surface area contributed by atoms with Crippen molar-refractivity contribution in [2.75, 3.05) is 13.1 Å². The van der Waals surface area contributed by atoms with E-state index in [-0.39, 0.29) is 23.4 Å². The monoisotopic (exact) mass is 416 g/mol. The van der Waals surface area contributed by atoms with E-state index in [2.05, 4.69) is 15.1 Å². The van der Waals surface area contributed by atoms with Crippen LogP contribution < -0.4 is 5.73 Å². The Morgan fingerprint density at radius 1 is 1.26 bits per heavy atom. The molecular weight excluding hydrogens is 392 g/mol. The third-order valence-corrected chi connectivity index (χ3v) is 7.40. The van der Waals surface area contributed by atoms with E-state index in [0.717, 1.165) is 19.3 Å². The minimum Gasteiger partial charge on any atom is -0.339 e. The quantitative estimate of drug-likeness (QED) is 0.800. The van der Waals surface area contributed by atoms with Crippen LogP contribution in [0.25, 0.3) is 0 Å². The Morgan fingerprint density at radius 3 is 2.44 bits per heavy atom. The predicted molar refractivity (Wildman–Crippen MR) is 99.9 cm³/mol. The number of piperidine rings is 1. The van der Waals surface area contributed by atoms with Crippen LogP contribution in [0.4, 0.5) is 0 Å². The molecule has 2 aliphatic rings. The lowest BCUT2D eigenvalue weighted by atomic mass is 9.77. The first kappa shape index (κ1) is 20.2. The fourth-order valence-corrected chi connectivity index (χ4v) is 5.01. The van der Waals surface area contributed by atoms with Crippen molar-refractivity contribution in [2.45, 2.75) is 55.5 Å². The molecule has 0 amide bonds. The van der Waals surface area contributed by atoms with Gasteiger partial charge in [0.15, 0.2) is 10.9 Å². The van der Waals surface area contributed by atoms with Crippen molar-refractivity contribution in [3.8, 4) is 0 Å². The molecular formula is C16H25ClN6O3S. The Balaban J connectivity index is 0.00000210. The summed E-state index contributed by atoms with van der Waals surface area (Å²) in [6.07, 6.45) is 5.69. The maximum absolute atomic E-state index is 12.8. The van der Waals surface area contributed by atoms with Gasteiger partial charge in [0.2, 0.25) is 5.89 Å². The Morgan fingerprint density at radius 2 is 1.93 bits per heavy atom. The van der Waals surface area contributed by atoms with Crippen LogP contribution in [-0.4, -0.2) is 45.5 Å². The number of halogens is 1. The third-order valence-electron chi connectivity index (χ3n) is 5.63. The van der Waals surface area contributed by atoms with Gasteiger partial charge in [0.1, 0.15) is 5.82 Å². The van der Waals surface area contributed by atoms with Gasteiger partial charge in [-0.1, -0.05) is 5.16 Å². The molecule has 2 aromatic heterocycles. The van der Waals surface area contributed by atoms with Gasteiger partial charge >= 0.3 is 0 Å². The second kappa shape index (κ2) is 7.16. The molecule has 11 heteroatoms. The van der Waals surface area contributed by atoms with Crippen molar-refractivity contribution in [1.29, 1.82) is 0 Å². The summed E-state index contributed by atoms with van der Waals surface area (Å²) in [6.45, 7) is 2.60. The molecule has 4 rings (SSSR count). The van der Waals surface area contributed by atoms with Crippen LogP contribution in [0.2, 0.25) is 0 Å². The molecule has 1 saturated carbocycles. The van der Waals surface area contributed by atoms with Crippen LogP contribution in [-0.2, 0) is 22.6 Å². The molecule has 0 unspecified atom stereocenters. The van der Waals surface area contributed by atoms with Crippen LogP contribution in [0.15, 0.2) is 15.7 Å². The lowest BCUT2D eigenvalue weighted by molar-refractivity contribution is 0.227. The lowest BCUT2D eigenvalue weighted by Crippen LogP contribution is -2.44. The molecule has 0 atom stereocenters. The van der Waals surface area contributed by atoms with Gasteiger partial charge in [-0.15, -0.1) is 12.4 Å². The lowest BCUT2D eigenvalue weighted by Gasteiger charge is -2.34. The first-order chi connectivity index (χ1) is 12.3. The molecule has 27 heavy (non-hydrogen) atoms. The second-order valence-corrected chi connectivity index (χ2v) is 9.27. The summed E-state index contributed by atoms with van der Waals surface area (Å²) < 4.78 is 34.1. The van der Waals surface area contributed by atoms with Gasteiger partial charge in [-0.25, -0.2) is 13.4 Å². The van der Waals surface area contributed by atoms with E-state index >= 15 is 0 Å². The minimum absolute atomic E-state index is 0. The molecule has 2 fully saturated rings. The number of hydrogen-bond donors (Lipinski definition) is 1. The SMILES string of the molecule is Cc1nc(S(=O)(=O)N2CCC(c3nc(C4(N)CCC4)no3)CC2)cn1C.Cl. The molecule has 150 valence electrons. The predicted octanol–water partition coefficient (Wildman–Crippen LogP) is 1.44. The fraction of sp³-hybridized carbons (Fsp3) is 0.688. The van der Waals surface area contributed by atoms with E-state index in [4.69, 9.17) is 10.3 Å². The van der Waals surface area contributed by atoms with Crippen LogP contribution >= 0.6 is 12.4 Å². The standard InChI is InChI=1S/C16H24N6O3S.ClH/c1-11-18-13(10-21(11)2)26(23,24)22-8-4-12(5-9-22)14-19-15(20-25-14)16(17)6-3-7-16;/h10,12H,3-9,17H2,1-2H3;1H. The highest BCUT2D eigenvalue weighted by Gasteiger charge is 2.40. The average molecular weight is 417 g/mol. The summed E-state index contributed by atoms with van der Waals surface area (Å²) >= 11 is 0. The summed E-state index contributed by atoms with van der Waals surface area (Å²) in [5.74, 6) is 1.89. The molecule has 0 radical (unpaired) electrons. The zero-order valence-corrected chi connectivity index (χ0v) is 17.1. The summed E-state index contributed by atoms with van der Waals surface area (Å²) in [5, 5.41) is 4.16. The highest BCUT2D eigenvalue weighted by Crippen LogP contribution is 2.38. The van der Waals surface area contributed by atoms with Gasteiger partial charge in [0.25, 0.3) is 10.0 Å². The Hall–Kier alpha value is -1.49. The van der Waals surface area contributed by atoms with E-state index in [0.29, 0.717) is 43.5 Å². The molecule has 1 aliphatic carbocycles. The molecule has 0 bridgehead atoms. The van der Waals surface area contributed by atoms with Crippen LogP contribution in [0.5, 0.6) is 0 Å². The molecule has 0 aromatic carbocycles. The summed E-state index contributed by atoms with van der Waals surface area (Å²) in [7, 11) is -1.78. The number of nitrogens with zero attached hydrogens (tertiary/aromatic N) is 5. The first-order valence-electron chi connectivity index (χ1n) is 8.93. The summed E-state index contributed by atoms with van der Waals surface area (Å²) in [6, 6.07) is 0. The topological polar surface area (TPSA) is 120 Å². The van der Waals surface area contributed by atoms with Crippen molar-refractivity contribution < 1.29 is 12.9 Å². The number of rotatable bonds is 4. The number of aryl methyl sites for hydroxylation is 2. The van der Waals surface area contributed by atoms with Gasteiger partial charge in [-0.05, 0) is 39.0 Å². The average Bonchev–Trinajstić information content (AvgIpc) is 3.21. The van der Waals surface area contributed by atoms with Gasteiger partial charge in [0, 0.05) is 32.3 Å². The van der Waals surface area contributed by atoms with Gasteiger partial charge < -0.3 is 14.8 Å². The fourth-order valence-electron chi connectivity index (χ4n) is 3.51. The van der Waals surface area contributed by atoms with E-state index < -0.39 is 15.6 Å². The van der Waals surface area contributed by atoms with Crippen molar-refractivity contribution in [3.05, 3.63) is 23.7 Å². The molecule has 2 N–H and O–H groups in total. The van der Waals surface area contributed by atoms with E-state index in [1.165, 1.54) is 4.31 Å². The van der Waals surface area contributed by atoms with E-state index in [1.807, 2.05) is 0 Å². The van der Waals surface area contributed by atoms with Crippen molar-refractivity contribution in [3.63, 3.8) is 0 Å². The van der Waals surface area contributed by atoms with Gasteiger partial charge in [0.05, 0.1) is 5.54 Å². The number of imidazole rings is 1. The third kappa shape index (κ3) is 3.51. The van der Waals surface area contributed by atoms with Crippen LogP contribution in [0.1, 0.15) is 55.6 Å². The molecule has 1 saturated heterocycles. The summed E-state index contributed by atoms with van der Waals surface area (Å²) in [4.78, 5) is 8.66. The largest absolute Gasteiger partial charge is 0.339 e. The molecule has 3 heterocycles. The molecule has 0 spiro atoms. The maximum Gasteiger partial charge on any atom is 0.262 e. The van der Waals surface area contributed by atoms with Crippen LogP contribution in [0, 0.1) is 6.92 Å². The summed E-state index contributed by atoms with van der Waals surface area (Å²) in [5.41, 5.74) is 5.80. The Labute approximate surface area is 164 Å². The minimum atomic E-state index is -3.57. The zero-order valence-electron chi connectivity index (χ0n) is 15.5. The van der Waals surface area contributed by atoms with E-state index in [1.54, 1.807) is 24.7 Å². The maximum atomic E-state index is 12.8. The number of sulfonamides is 1. The van der Waals surface area contributed by atoms with Crippen LogP contribution in [0.3, 0.4) is 0 Å². The van der Waals surface area contributed by atoms with E-state index in [9.17, 15) is 8.42 Å². The highest BCUT2D eigenvalue weighted by atomic mass is 35.5. The molecule has 1 aliphatic heterocycles. The van der Waals surface area contributed by atoms with Crippen molar-refractivity contribution in [2.24, 2.45) is 12.8 Å². The number of nitrogens with two attached hydrogens (primary N) is 1. The Bertz CT molecular complexity index is 893. The first-order valence-corrected chi connectivity index (χ1v) is 10.4. The van der Waals surface area contributed by atoms with Crippen molar-refractivity contribution in [1.82, 2.24) is 24.0 Å². The van der Waals surface area contributed by atoms with Crippen molar-refractivity contribution >= 4 is 22.4 Å². The molecule has 2 aromatic rings. The normalized spacial score (nSPS) is 20.9. The highest BCUT2D eigenvalue weighted by molar-refractivity contribution is 7.89. The van der Waals surface area contributed by atoms with Gasteiger partial charge in [-0.3, -0.25) is 0 Å². The number of hydrogen-bond acceptors (Lipinski definition) is 7. The van der Waals surface area contributed by atoms with Gasteiger partial charge in [-0.2, -0.15) is 9.29 Å². The smallest absolute Gasteiger partial charge is 0.262 e. The zero-order chi connectivity index (χ0) is 18.5.